The van der Waals surface area contributed by atoms with E-state index >= 15 is 0 Å². The highest BCUT2D eigenvalue weighted by Crippen LogP contribution is 2.17. The average Bonchev–Trinajstić information content (AvgIpc) is 2.29. The highest BCUT2D eigenvalue weighted by molar-refractivity contribution is 7.90. The molecule has 17 heavy (non-hydrogen) atoms. The van der Waals surface area contributed by atoms with Crippen LogP contribution in [0.25, 0.3) is 0 Å². The van der Waals surface area contributed by atoms with Crippen molar-refractivity contribution in [2.75, 3.05) is 11.6 Å². The van der Waals surface area contributed by atoms with Crippen molar-refractivity contribution in [3.63, 3.8) is 0 Å². The van der Waals surface area contributed by atoms with Gasteiger partial charge in [0.15, 0.2) is 14.9 Å². The van der Waals surface area contributed by atoms with Gasteiger partial charge in [-0.15, -0.1) is 0 Å². The van der Waals surface area contributed by atoms with Crippen LogP contribution in [0.15, 0.2) is 53.7 Å². The first kappa shape index (κ1) is 11.6. The Morgan fingerprint density at radius 3 is 2.41 bits per heavy atom. The third-order valence-corrected chi connectivity index (χ3v) is 3.16. The number of nitrogens with zero attached hydrogens (tertiary/aromatic N) is 1. The molecule has 2 rings (SSSR count). The lowest BCUT2D eigenvalue weighted by molar-refractivity contribution is 0.598. The number of nitrogens with one attached hydrogen (secondary N) is 1. The van der Waals surface area contributed by atoms with Crippen LogP contribution in [0.4, 0.5) is 11.4 Å². The smallest absolute Gasteiger partial charge is 0.192 e. The van der Waals surface area contributed by atoms with Crippen LogP contribution in [-0.4, -0.2) is 19.7 Å². The van der Waals surface area contributed by atoms with E-state index in [1.54, 1.807) is 6.07 Å². The molecule has 0 aliphatic rings. The lowest BCUT2D eigenvalue weighted by atomic mass is 10.3. The topological polar surface area (TPSA) is 59.1 Å². The number of benzene rings is 1. The predicted octanol–water partition coefficient (Wildman–Crippen LogP) is 2.23. The van der Waals surface area contributed by atoms with E-state index in [0.29, 0.717) is 5.69 Å². The molecule has 0 aliphatic carbocycles. The lowest BCUT2D eigenvalue weighted by Crippen LogP contribution is -2.01. The average molecular weight is 248 g/mol. The standard InChI is InChI=1S/C12H12N2O2S/c1-17(15,16)12-9-11(7-8-13-12)14-10-5-3-2-4-6-10/h2-9H,1H3,(H,13,14). The highest BCUT2D eigenvalue weighted by Gasteiger charge is 2.08. The molecule has 1 aromatic heterocycles. The Balaban J connectivity index is 2.29. The van der Waals surface area contributed by atoms with Gasteiger partial charge in [0.05, 0.1) is 0 Å². The Morgan fingerprint density at radius 1 is 1.06 bits per heavy atom. The first-order valence-electron chi connectivity index (χ1n) is 5.04. The molecule has 0 atom stereocenters. The maximum absolute atomic E-state index is 11.3. The number of para-hydroxylation sites is 1. The number of aromatic nitrogens is 1. The second-order valence-electron chi connectivity index (χ2n) is 3.65. The lowest BCUT2D eigenvalue weighted by Gasteiger charge is -2.06. The molecule has 0 amide bonds. The summed E-state index contributed by atoms with van der Waals surface area (Å²) in [7, 11) is -3.27. The fourth-order valence-corrected chi connectivity index (χ4v) is 1.97. The van der Waals surface area contributed by atoms with Gasteiger partial charge in [-0.05, 0) is 24.3 Å². The van der Waals surface area contributed by atoms with Crippen LogP contribution in [0.5, 0.6) is 0 Å². The second kappa shape index (κ2) is 4.55. The predicted molar refractivity (Wildman–Crippen MR) is 67.1 cm³/mol. The maximum atomic E-state index is 11.3. The van der Waals surface area contributed by atoms with Gasteiger partial charge in [-0.2, -0.15) is 0 Å². The van der Waals surface area contributed by atoms with Crippen molar-refractivity contribution in [2.24, 2.45) is 0 Å². The van der Waals surface area contributed by atoms with Crippen LogP contribution in [0.2, 0.25) is 0 Å². The Bertz CT molecular complexity index is 609. The molecule has 1 aromatic carbocycles. The fraction of sp³-hybridized carbons (Fsp3) is 0.0833. The summed E-state index contributed by atoms with van der Waals surface area (Å²) in [4.78, 5) is 3.82. The highest BCUT2D eigenvalue weighted by atomic mass is 32.2. The van der Waals surface area contributed by atoms with Crippen molar-refractivity contribution in [3.8, 4) is 0 Å². The number of sulfone groups is 1. The van der Waals surface area contributed by atoms with Gasteiger partial charge in [-0.25, -0.2) is 13.4 Å². The molecular formula is C12H12N2O2S. The molecule has 0 aliphatic heterocycles. The van der Waals surface area contributed by atoms with Gasteiger partial charge in [0.25, 0.3) is 0 Å². The van der Waals surface area contributed by atoms with Gasteiger partial charge in [0.2, 0.25) is 0 Å². The van der Waals surface area contributed by atoms with Crippen molar-refractivity contribution in [1.29, 1.82) is 0 Å². The van der Waals surface area contributed by atoms with E-state index < -0.39 is 9.84 Å². The molecule has 0 saturated carbocycles. The zero-order valence-corrected chi connectivity index (χ0v) is 10.1. The minimum Gasteiger partial charge on any atom is -0.355 e. The van der Waals surface area contributed by atoms with E-state index in [0.717, 1.165) is 11.9 Å². The molecule has 1 N–H and O–H groups in total. The quantitative estimate of drug-likeness (QED) is 0.904. The van der Waals surface area contributed by atoms with E-state index in [2.05, 4.69) is 10.3 Å². The molecular weight excluding hydrogens is 236 g/mol. The summed E-state index contributed by atoms with van der Waals surface area (Å²) in [5.41, 5.74) is 1.60. The van der Waals surface area contributed by atoms with Gasteiger partial charge in [-0.1, -0.05) is 18.2 Å². The van der Waals surface area contributed by atoms with E-state index in [-0.39, 0.29) is 5.03 Å². The van der Waals surface area contributed by atoms with Gasteiger partial charge < -0.3 is 5.32 Å². The number of rotatable bonds is 3. The Hall–Kier alpha value is -1.88. The molecule has 0 spiro atoms. The van der Waals surface area contributed by atoms with E-state index in [9.17, 15) is 8.42 Å². The second-order valence-corrected chi connectivity index (χ2v) is 5.61. The van der Waals surface area contributed by atoms with E-state index in [4.69, 9.17) is 0 Å². The number of hydrogen-bond donors (Lipinski definition) is 1. The fourth-order valence-electron chi connectivity index (χ4n) is 1.38. The van der Waals surface area contributed by atoms with Crippen molar-refractivity contribution >= 4 is 21.2 Å². The summed E-state index contributed by atoms with van der Waals surface area (Å²) in [5.74, 6) is 0. The van der Waals surface area contributed by atoms with Crippen LogP contribution in [0, 0.1) is 0 Å². The number of pyridine rings is 1. The Kier molecular flexibility index (Phi) is 3.10. The molecule has 4 nitrogen and oxygen atoms in total. The first-order chi connectivity index (χ1) is 8.05. The number of hydrogen-bond acceptors (Lipinski definition) is 4. The molecule has 5 heteroatoms. The molecule has 0 bridgehead atoms. The summed E-state index contributed by atoms with van der Waals surface area (Å²) in [6, 6.07) is 12.8. The van der Waals surface area contributed by atoms with Gasteiger partial charge in [0.1, 0.15) is 0 Å². The molecule has 0 fully saturated rings. The van der Waals surface area contributed by atoms with Crippen LogP contribution in [0.1, 0.15) is 0 Å². The molecule has 0 unspecified atom stereocenters. The third kappa shape index (κ3) is 3.04. The zero-order valence-electron chi connectivity index (χ0n) is 9.29. The summed E-state index contributed by atoms with van der Waals surface area (Å²) < 4.78 is 22.7. The Labute approximate surface area is 100 Å². The summed E-state index contributed by atoms with van der Waals surface area (Å²) in [6.07, 6.45) is 2.61. The minimum atomic E-state index is -3.27. The summed E-state index contributed by atoms with van der Waals surface area (Å²) >= 11 is 0. The monoisotopic (exact) mass is 248 g/mol. The summed E-state index contributed by atoms with van der Waals surface area (Å²) in [5, 5.41) is 3.18. The molecule has 0 radical (unpaired) electrons. The van der Waals surface area contributed by atoms with Gasteiger partial charge >= 0.3 is 0 Å². The largest absolute Gasteiger partial charge is 0.355 e. The first-order valence-corrected chi connectivity index (χ1v) is 6.93. The van der Waals surface area contributed by atoms with Gasteiger partial charge in [-0.3, -0.25) is 0 Å². The molecule has 0 saturated heterocycles. The van der Waals surface area contributed by atoms with Crippen LogP contribution in [0.3, 0.4) is 0 Å². The van der Waals surface area contributed by atoms with Crippen molar-refractivity contribution in [2.45, 2.75) is 5.03 Å². The molecule has 2 aromatic rings. The normalized spacial score (nSPS) is 11.1. The van der Waals surface area contributed by atoms with Crippen LogP contribution >= 0.6 is 0 Å². The van der Waals surface area contributed by atoms with Crippen LogP contribution in [-0.2, 0) is 9.84 Å². The van der Waals surface area contributed by atoms with Crippen molar-refractivity contribution in [3.05, 3.63) is 48.7 Å². The Morgan fingerprint density at radius 2 is 1.76 bits per heavy atom. The zero-order chi connectivity index (χ0) is 12.3. The van der Waals surface area contributed by atoms with Crippen molar-refractivity contribution in [1.82, 2.24) is 4.98 Å². The third-order valence-electron chi connectivity index (χ3n) is 2.18. The SMILES string of the molecule is CS(=O)(=O)c1cc(Nc2ccccc2)ccn1. The van der Waals surface area contributed by atoms with Crippen molar-refractivity contribution < 1.29 is 8.42 Å². The summed E-state index contributed by atoms with van der Waals surface area (Å²) in [6.45, 7) is 0. The number of anilines is 2. The van der Waals surface area contributed by atoms with E-state index in [1.807, 2.05) is 30.3 Å². The molecule has 88 valence electrons. The minimum absolute atomic E-state index is 0.0680. The maximum Gasteiger partial charge on any atom is 0.192 e. The van der Waals surface area contributed by atoms with Crippen LogP contribution < -0.4 is 5.32 Å². The van der Waals surface area contributed by atoms with Gasteiger partial charge in [0, 0.05) is 23.8 Å². The van der Waals surface area contributed by atoms with E-state index in [1.165, 1.54) is 12.3 Å². The molecule has 1 heterocycles.